The third-order valence-electron chi connectivity index (χ3n) is 5.27. The van der Waals surface area contributed by atoms with Crippen molar-refractivity contribution in [2.24, 2.45) is 0 Å². The van der Waals surface area contributed by atoms with E-state index in [4.69, 9.17) is 0 Å². The van der Waals surface area contributed by atoms with Crippen LogP contribution in [0.1, 0.15) is 62.2 Å². The first-order chi connectivity index (χ1) is 12.6. The molecule has 1 aliphatic rings. The molecule has 3 rings (SSSR count). The molecule has 140 valence electrons. The number of unbranched alkanes of at least 4 members (excludes halogenated alkanes) is 3. The second-order valence-electron chi connectivity index (χ2n) is 7.33. The molecule has 5 heteroatoms. The van der Waals surface area contributed by atoms with Crippen molar-refractivity contribution in [1.82, 2.24) is 19.7 Å². The topological polar surface area (TPSA) is 51.0 Å². The SMILES string of the molecule is Cc1nc(C)n(CCCCCCC2CCC(=O)N2Cc2ccccc2)n1. The van der Waals surface area contributed by atoms with Crippen LogP contribution in [0.15, 0.2) is 30.3 Å². The smallest absolute Gasteiger partial charge is 0.223 e. The first-order valence-electron chi connectivity index (χ1n) is 9.85. The second-order valence-corrected chi connectivity index (χ2v) is 7.33. The molecule has 0 N–H and O–H groups in total. The molecule has 2 heterocycles. The van der Waals surface area contributed by atoms with Crippen LogP contribution in [-0.4, -0.2) is 31.6 Å². The maximum atomic E-state index is 12.2. The van der Waals surface area contributed by atoms with Gasteiger partial charge in [0, 0.05) is 25.6 Å². The molecule has 0 aliphatic carbocycles. The van der Waals surface area contributed by atoms with Crippen LogP contribution in [0.3, 0.4) is 0 Å². The number of rotatable bonds is 9. The Bertz CT molecular complexity index is 710. The Kier molecular flexibility index (Phi) is 6.42. The van der Waals surface area contributed by atoms with E-state index >= 15 is 0 Å². The van der Waals surface area contributed by atoms with Gasteiger partial charge < -0.3 is 4.90 Å². The van der Waals surface area contributed by atoms with Gasteiger partial charge in [-0.2, -0.15) is 5.10 Å². The summed E-state index contributed by atoms with van der Waals surface area (Å²) in [5, 5.41) is 4.41. The molecule has 1 aromatic carbocycles. The average molecular weight is 354 g/mol. The lowest BCUT2D eigenvalue weighted by Crippen LogP contribution is -2.32. The lowest BCUT2D eigenvalue weighted by molar-refractivity contribution is -0.129. The maximum absolute atomic E-state index is 12.2. The fourth-order valence-electron chi connectivity index (χ4n) is 3.86. The van der Waals surface area contributed by atoms with Crippen LogP contribution in [-0.2, 0) is 17.9 Å². The molecule has 0 bridgehead atoms. The average Bonchev–Trinajstić information content (AvgIpc) is 3.14. The zero-order valence-corrected chi connectivity index (χ0v) is 16.0. The van der Waals surface area contributed by atoms with E-state index in [1.807, 2.05) is 36.7 Å². The summed E-state index contributed by atoms with van der Waals surface area (Å²) >= 11 is 0. The minimum absolute atomic E-state index is 0.316. The Morgan fingerprint density at radius 2 is 1.85 bits per heavy atom. The quantitative estimate of drug-likeness (QED) is 0.639. The molecule has 1 aliphatic heterocycles. The second kappa shape index (κ2) is 8.97. The molecular weight excluding hydrogens is 324 g/mol. The van der Waals surface area contributed by atoms with E-state index in [2.05, 4.69) is 27.1 Å². The highest BCUT2D eigenvalue weighted by molar-refractivity contribution is 5.78. The Morgan fingerprint density at radius 3 is 2.58 bits per heavy atom. The predicted octanol–water partition coefficient (Wildman–Crippen LogP) is 4.04. The molecule has 1 aromatic heterocycles. The number of nitrogens with zero attached hydrogens (tertiary/aromatic N) is 4. The van der Waals surface area contributed by atoms with Gasteiger partial charge in [-0.3, -0.25) is 9.48 Å². The zero-order valence-electron chi connectivity index (χ0n) is 16.0. The van der Waals surface area contributed by atoms with Crippen molar-refractivity contribution >= 4 is 5.91 Å². The van der Waals surface area contributed by atoms with E-state index < -0.39 is 0 Å². The highest BCUT2D eigenvalue weighted by Crippen LogP contribution is 2.25. The van der Waals surface area contributed by atoms with Gasteiger partial charge in [0.2, 0.25) is 5.91 Å². The van der Waals surface area contributed by atoms with Gasteiger partial charge in [0.25, 0.3) is 0 Å². The van der Waals surface area contributed by atoms with Crippen molar-refractivity contribution in [3.8, 4) is 0 Å². The van der Waals surface area contributed by atoms with Crippen molar-refractivity contribution in [2.45, 2.75) is 77.9 Å². The number of amides is 1. The number of aryl methyl sites for hydroxylation is 3. The monoisotopic (exact) mass is 354 g/mol. The van der Waals surface area contributed by atoms with Crippen LogP contribution < -0.4 is 0 Å². The standard InChI is InChI=1S/C21H30N4O/c1-17-22-18(2)25(23-17)15-9-4-3-8-12-20-13-14-21(26)24(20)16-19-10-6-5-7-11-19/h5-7,10-11,20H,3-4,8-9,12-16H2,1-2H3. The number of carbonyl (C=O) groups excluding carboxylic acids is 1. The Morgan fingerprint density at radius 1 is 1.08 bits per heavy atom. The van der Waals surface area contributed by atoms with Crippen LogP contribution in [0.4, 0.5) is 0 Å². The van der Waals surface area contributed by atoms with Crippen molar-refractivity contribution in [3.63, 3.8) is 0 Å². The molecule has 26 heavy (non-hydrogen) atoms. The number of likely N-dealkylation sites (tertiary alicyclic amines) is 1. The summed E-state index contributed by atoms with van der Waals surface area (Å²) in [5.41, 5.74) is 1.23. The molecule has 0 radical (unpaired) electrons. The fraction of sp³-hybridized carbons (Fsp3) is 0.571. The molecule has 1 fully saturated rings. The van der Waals surface area contributed by atoms with Crippen LogP contribution in [0.25, 0.3) is 0 Å². The fourth-order valence-corrected chi connectivity index (χ4v) is 3.86. The molecule has 1 amide bonds. The number of benzene rings is 1. The minimum Gasteiger partial charge on any atom is -0.335 e. The zero-order chi connectivity index (χ0) is 18.4. The van der Waals surface area contributed by atoms with Gasteiger partial charge in [0.1, 0.15) is 11.6 Å². The normalized spacial score (nSPS) is 17.2. The van der Waals surface area contributed by atoms with E-state index in [0.717, 1.165) is 44.0 Å². The van der Waals surface area contributed by atoms with Gasteiger partial charge in [-0.25, -0.2) is 4.98 Å². The van der Waals surface area contributed by atoms with Crippen molar-refractivity contribution in [3.05, 3.63) is 47.5 Å². The molecule has 1 atom stereocenters. The molecule has 1 unspecified atom stereocenters. The summed E-state index contributed by atoms with van der Waals surface area (Å²) in [6.45, 7) is 5.66. The van der Waals surface area contributed by atoms with Crippen LogP contribution in [0.5, 0.6) is 0 Å². The van der Waals surface area contributed by atoms with Gasteiger partial charge in [-0.1, -0.05) is 49.6 Å². The highest BCUT2D eigenvalue weighted by atomic mass is 16.2. The van der Waals surface area contributed by atoms with Crippen molar-refractivity contribution < 1.29 is 4.79 Å². The van der Waals surface area contributed by atoms with E-state index in [1.165, 1.54) is 24.8 Å². The summed E-state index contributed by atoms with van der Waals surface area (Å²) in [6, 6.07) is 10.7. The molecule has 0 spiro atoms. The Balaban J connectivity index is 1.37. The van der Waals surface area contributed by atoms with Gasteiger partial charge in [0.15, 0.2) is 0 Å². The van der Waals surface area contributed by atoms with Crippen LogP contribution >= 0.6 is 0 Å². The minimum atomic E-state index is 0.316. The summed E-state index contributed by atoms with van der Waals surface area (Å²) in [6.07, 6.45) is 7.61. The summed E-state index contributed by atoms with van der Waals surface area (Å²) in [7, 11) is 0. The van der Waals surface area contributed by atoms with Crippen LogP contribution in [0, 0.1) is 13.8 Å². The third-order valence-corrected chi connectivity index (χ3v) is 5.27. The van der Waals surface area contributed by atoms with Gasteiger partial charge in [-0.05, 0) is 38.7 Å². The van der Waals surface area contributed by atoms with Gasteiger partial charge in [-0.15, -0.1) is 0 Å². The van der Waals surface area contributed by atoms with E-state index in [9.17, 15) is 4.79 Å². The van der Waals surface area contributed by atoms with E-state index in [1.54, 1.807) is 0 Å². The Labute approximate surface area is 156 Å². The van der Waals surface area contributed by atoms with E-state index in [0.29, 0.717) is 18.4 Å². The van der Waals surface area contributed by atoms with Crippen LogP contribution in [0.2, 0.25) is 0 Å². The number of carbonyl (C=O) groups is 1. The maximum Gasteiger partial charge on any atom is 0.223 e. The summed E-state index contributed by atoms with van der Waals surface area (Å²) < 4.78 is 2.01. The van der Waals surface area contributed by atoms with E-state index in [-0.39, 0.29) is 0 Å². The summed E-state index contributed by atoms with van der Waals surface area (Å²) in [4.78, 5) is 18.7. The molecule has 2 aromatic rings. The first-order valence-corrected chi connectivity index (χ1v) is 9.85. The molecule has 1 saturated heterocycles. The molecule has 5 nitrogen and oxygen atoms in total. The van der Waals surface area contributed by atoms with Gasteiger partial charge in [0.05, 0.1) is 0 Å². The number of hydrogen-bond donors (Lipinski definition) is 0. The van der Waals surface area contributed by atoms with Gasteiger partial charge >= 0.3 is 0 Å². The lowest BCUT2D eigenvalue weighted by atomic mass is 10.0. The highest BCUT2D eigenvalue weighted by Gasteiger charge is 2.30. The van der Waals surface area contributed by atoms with Crippen molar-refractivity contribution in [2.75, 3.05) is 0 Å². The van der Waals surface area contributed by atoms with Crippen molar-refractivity contribution in [1.29, 1.82) is 0 Å². The largest absolute Gasteiger partial charge is 0.335 e. The molecular formula is C21H30N4O. The number of hydrogen-bond acceptors (Lipinski definition) is 3. The predicted molar refractivity (Wildman–Crippen MR) is 103 cm³/mol. The number of aromatic nitrogens is 3. The summed E-state index contributed by atoms with van der Waals surface area (Å²) in [5.74, 6) is 2.17. The Hall–Kier alpha value is -2.17. The lowest BCUT2D eigenvalue weighted by Gasteiger charge is -2.25. The molecule has 0 saturated carbocycles. The third kappa shape index (κ3) is 4.93. The first kappa shape index (κ1) is 18.6.